The minimum Gasteiger partial charge on any atom is -0.360 e. The minimum atomic E-state index is -0.145. The van der Waals surface area contributed by atoms with E-state index in [1.54, 1.807) is 17.9 Å². The van der Waals surface area contributed by atoms with Crippen molar-refractivity contribution < 1.29 is 18.6 Å². The van der Waals surface area contributed by atoms with E-state index in [4.69, 9.17) is 9.05 Å². The summed E-state index contributed by atoms with van der Waals surface area (Å²) in [4.78, 5) is 30.6. The van der Waals surface area contributed by atoms with Gasteiger partial charge in [-0.2, -0.15) is 4.98 Å². The number of aryl methyl sites for hydroxylation is 1. The largest absolute Gasteiger partial charge is 0.360 e. The normalized spacial score (nSPS) is 15.1. The van der Waals surface area contributed by atoms with Gasteiger partial charge in [-0.05, 0) is 19.8 Å². The van der Waals surface area contributed by atoms with E-state index < -0.39 is 0 Å². The Balaban J connectivity index is 1.37. The van der Waals surface area contributed by atoms with E-state index >= 15 is 0 Å². The molecule has 2 aromatic heterocycles. The minimum absolute atomic E-state index is 0.0919. The van der Waals surface area contributed by atoms with Gasteiger partial charge in [-0.25, -0.2) is 4.79 Å². The molecule has 1 aliphatic rings. The van der Waals surface area contributed by atoms with Crippen molar-refractivity contribution in [1.29, 1.82) is 0 Å². The van der Waals surface area contributed by atoms with Crippen LogP contribution in [-0.2, 0) is 11.2 Å². The van der Waals surface area contributed by atoms with E-state index in [1.165, 1.54) is 0 Å². The second-order valence-electron chi connectivity index (χ2n) is 7.26. The van der Waals surface area contributed by atoms with Crippen LogP contribution >= 0.6 is 0 Å². The molecular weight excluding hydrogens is 364 g/mol. The molecule has 1 saturated heterocycles. The Morgan fingerprint density at radius 3 is 2.61 bits per heavy atom. The van der Waals surface area contributed by atoms with Crippen molar-refractivity contribution in [3.05, 3.63) is 23.5 Å². The van der Waals surface area contributed by atoms with Crippen LogP contribution in [0, 0.1) is 12.8 Å². The molecule has 10 nitrogen and oxygen atoms in total. The quantitative estimate of drug-likeness (QED) is 0.773. The summed E-state index contributed by atoms with van der Waals surface area (Å²) in [6.07, 6.45) is 1.70. The molecule has 28 heavy (non-hydrogen) atoms. The maximum Gasteiger partial charge on any atom is 0.317 e. The predicted octanol–water partition coefficient (Wildman–Crippen LogP) is 2.09. The molecule has 0 aliphatic carbocycles. The van der Waals surface area contributed by atoms with Gasteiger partial charge in [0.1, 0.15) is 5.76 Å². The van der Waals surface area contributed by atoms with Crippen molar-refractivity contribution in [2.24, 2.45) is 5.92 Å². The summed E-state index contributed by atoms with van der Waals surface area (Å²) in [6.45, 7) is 7.23. The monoisotopic (exact) mass is 390 g/mol. The molecule has 152 valence electrons. The number of aromatic nitrogens is 3. The van der Waals surface area contributed by atoms with Crippen LogP contribution in [0.1, 0.15) is 50.1 Å². The van der Waals surface area contributed by atoms with Crippen molar-refractivity contribution in [3.8, 4) is 0 Å². The fraction of sp³-hybridized carbons (Fsp3) is 0.611. The zero-order valence-electron chi connectivity index (χ0n) is 16.4. The lowest BCUT2D eigenvalue weighted by atomic mass is 9.96. The Labute approximate surface area is 163 Å². The van der Waals surface area contributed by atoms with Gasteiger partial charge < -0.3 is 24.6 Å². The van der Waals surface area contributed by atoms with E-state index in [-0.39, 0.29) is 23.8 Å². The number of urea groups is 1. The number of carbonyl (C=O) groups excluding carboxylic acids is 2. The SMILES string of the molecule is Cc1cc(NC(=O)C2CCN(C(=O)NCCc3nc(C(C)C)no3)CC2)no1. The molecule has 0 unspecified atom stereocenters. The van der Waals surface area contributed by atoms with Gasteiger partial charge in [0.05, 0.1) is 0 Å². The summed E-state index contributed by atoms with van der Waals surface area (Å²) >= 11 is 0. The summed E-state index contributed by atoms with van der Waals surface area (Å²) < 4.78 is 10.1. The number of nitrogens with one attached hydrogen (secondary N) is 2. The van der Waals surface area contributed by atoms with E-state index in [2.05, 4.69) is 25.9 Å². The van der Waals surface area contributed by atoms with Crippen LogP contribution in [0.25, 0.3) is 0 Å². The average Bonchev–Trinajstić information content (AvgIpc) is 3.31. The number of anilines is 1. The number of likely N-dealkylation sites (tertiary alicyclic amines) is 1. The van der Waals surface area contributed by atoms with E-state index in [1.807, 2.05) is 13.8 Å². The molecule has 3 heterocycles. The van der Waals surface area contributed by atoms with Crippen molar-refractivity contribution in [2.45, 2.75) is 46.0 Å². The maximum atomic E-state index is 12.3. The van der Waals surface area contributed by atoms with Gasteiger partial charge in [0.15, 0.2) is 11.6 Å². The molecule has 0 saturated carbocycles. The second-order valence-corrected chi connectivity index (χ2v) is 7.26. The van der Waals surface area contributed by atoms with Gasteiger partial charge in [-0.15, -0.1) is 0 Å². The first-order chi connectivity index (χ1) is 13.4. The third-order valence-electron chi connectivity index (χ3n) is 4.65. The van der Waals surface area contributed by atoms with E-state index in [0.717, 1.165) is 0 Å². The Kier molecular flexibility index (Phi) is 6.27. The Morgan fingerprint density at radius 2 is 2.00 bits per heavy atom. The fourth-order valence-electron chi connectivity index (χ4n) is 2.99. The van der Waals surface area contributed by atoms with Crippen LogP contribution < -0.4 is 10.6 Å². The molecule has 0 spiro atoms. The fourth-order valence-corrected chi connectivity index (χ4v) is 2.99. The summed E-state index contributed by atoms with van der Waals surface area (Å²) in [7, 11) is 0. The third kappa shape index (κ3) is 5.08. The number of carbonyl (C=O) groups is 2. The van der Waals surface area contributed by atoms with Crippen LogP contribution in [0.2, 0.25) is 0 Å². The molecule has 0 radical (unpaired) electrons. The lowest BCUT2D eigenvalue weighted by Crippen LogP contribution is -2.46. The molecule has 3 rings (SSSR count). The molecule has 1 aliphatic heterocycles. The Hall–Kier alpha value is -2.91. The van der Waals surface area contributed by atoms with E-state index in [0.29, 0.717) is 62.2 Å². The van der Waals surface area contributed by atoms with Gasteiger partial charge in [0, 0.05) is 44.0 Å². The van der Waals surface area contributed by atoms with Gasteiger partial charge in [-0.1, -0.05) is 24.2 Å². The van der Waals surface area contributed by atoms with Gasteiger partial charge in [0.25, 0.3) is 0 Å². The molecule has 10 heteroatoms. The predicted molar refractivity (Wildman–Crippen MR) is 99.7 cm³/mol. The second kappa shape index (κ2) is 8.85. The molecule has 1 fully saturated rings. The van der Waals surface area contributed by atoms with Crippen LogP contribution in [0.4, 0.5) is 10.6 Å². The average molecular weight is 390 g/mol. The standard InChI is InChI=1S/C18H26N6O4/c1-11(2)16-21-15(28-23-16)4-7-19-18(26)24-8-5-13(6-9-24)17(25)20-14-10-12(3)27-22-14/h10-11,13H,4-9H2,1-3H3,(H,19,26)(H,20,22,25). The topological polar surface area (TPSA) is 126 Å². The lowest BCUT2D eigenvalue weighted by Gasteiger charge is -2.31. The van der Waals surface area contributed by atoms with Crippen LogP contribution in [0.15, 0.2) is 15.1 Å². The summed E-state index contributed by atoms with van der Waals surface area (Å²) in [5.74, 6) is 2.22. The van der Waals surface area contributed by atoms with Gasteiger partial charge in [-0.3, -0.25) is 4.79 Å². The lowest BCUT2D eigenvalue weighted by molar-refractivity contribution is -0.121. The van der Waals surface area contributed by atoms with Gasteiger partial charge in [0.2, 0.25) is 11.8 Å². The highest BCUT2D eigenvalue weighted by atomic mass is 16.5. The highest BCUT2D eigenvalue weighted by molar-refractivity contribution is 5.91. The molecule has 0 atom stereocenters. The number of nitrogens with zero attached hydrogens (tertiary/aromatic N) is 4. The number of hydrogen-bond donors (Lipinski definition) is 2. The number of rotatable bonds is 6. The maximum absolute atomic E-state index is 12.3. The van der Waals surface area contributed by atoms with Gasteiger partial charge >= 0.3 is 6.03 Å². The first-order valence-electron chi connectivity index (χ1n) is 9.52. The summed E-state index contributed by atoms with van der Waals surface area (Å²) in [5.41, 5.74) is 0. The zero-order valence-corrected chi connectivity index (χ0v) is 16.4. The summed E-state index contributed by atoms with van der Waals surface area (Å²) in [6, 6.07) is 1.53. The summed E-state index contributed by atoms with van der Waals surface area (Å²) in [5, 5.41) is 13.3. The highest BCUT2D eigenvalue weighted by Gasteiger charge is 2.27. The first-order valence-corrected chi connectivity index (χ1v) is 9.52. The zero-order chi connectivity index (χ0) is 20.1. The highest BCUT2D eigenvalue weighted by Crippen LogP contribution is 2.19. The number of amides is 3. The molecule has 2 aromatic rings. The molecule has 2 N–H and O–H groups in total. The third-order valence-corrected chi connectivity index (χ3v) is 4.65. The Bertz CT molecular complexity index is 807. The smallest absolute Gasteiger partial charge is 0.317 e. The molecule has 3 amide bonds. The number of piperidine rings is 1. The van der Waals surface area contributed by atoms with Crippen LogP contribution in [-0.4, -0.2) is 51.8 Å². The van der Waals surface area contributed by atoms with E-state index in [9.17, 15) is 9.59 Å². The van der Waals surface area contributed by atoms with Crippen molar-refractivity contribution in [1.82, 2.24) is 25.5 Å². The Morgan fingerprint density at radius 1 is 1.25 bits per heavy atom. The number of hydrogen-bond acceptors (Lipinski definition) is 7. The molecule has 0 aromatic carbocycles. The molecule has 0 bridgehead atoms. The van der Waals surface area contributed by atoms with Crippen LogP contribution in [0.3, 0.4) is 0 Å². The van der Waals surface area contributed by atoms with Crippen molar-refractivity contribution in [2.75, 3.05) is 25.0 Å². The first kappa shape index (κ1) is 19.8. The van der Waals surface area contributed by atoms with Crippen molar-refractivity contribution in [3.63, 3.8) is 0 Å². The van der Waals surface area contributed by atoms with Crippen LogP contribution in [0.5, 0.6) is 0 Å². The van der Waals surface area contributed by atoms with Crippen molar-refractivity contribution >= 4 is 17.8 Å². The molecular formula is C18H26N6O4.